The van der Waals surface area contributed by atoms with Gasteiger partial charge in [-0.05, 0) is 43.2 Å². The van der Waals surface area contributed by atoms with Gasteiger partial charge in [-0.2, -0.15) is 10.4 Å². The van der Waals surface area contributed by atoms with Crippen LogP contribution in [0.3, 0.4) is 0 Å². The molecule has 0 fully saturated rings. The van der Waals surface area contributed by atoms with Crippen molar-refractivity contribution in [1.29, 1.82) is 5.26 Å². The van der Waals surface area contributed by atoms with Crippen molar-refractivity contribution in [3.63, 3.8) is 0 Å². The summed E-state index contributed by atoms with van der Waals surface area (Å²) in [7, 11) is 1.61. The van der Waals surface area contributed by atoms with E-state index in [0.29, 0.717) is 34.9 Å². The van der Waals surface area contributed by atoms with Crippen LogP contribution in [0.2, 0.25) is 0 Å². The Kier molecular flexibility index (Phi) is 5.74. The number of ether oxygens (including phenoxy) is 2. The second kappa shape index (κ2) is 8.39. The quantitative estimate of drug-likeness (QED) is 0.697. The van der Waals surface area contributed by atoms with Crippen LogP contribution in [0.15, 0.2) is 48.5 Å². The molecule has 0 aliphatic carbocycles. The molecule has 0 radical (unpaired) electrons. The molecule has 1 aromatic heterocycles. The molecule has 1 N–H and O–H groups in total. The van der Waals surface area contributed by atoms with Crippen LogP contribution in [0.1, 0.15) is 22.5 Å². The van der Waals surface area contributed by atoms with Crippen molar-refractivity contribution in [3.05, 3.63) is 71.0 Å². The molecule has 0 atom stereocenters. The second-order valence-corrected chi connectivity index (χ2v) is 6.04. The molecule has 1 heterocycles. The van der Waals surface area contributed by atoms with Gasteiger partial charge >= 0.3 is 0 Å². The summed E-state index contributed by atoms with van der Waals surface area (Å²) in [6.07, 6.45) is 0.612. The Bertz CT molecular complexity index is 956. The molecular formula is C21H21N3O3. The molecular weight excluding hydrogens is 342 g/mol. The van der Waals surface area contributed by atoms with Crippen LogP contribution >= 0.6 is 0 Å². The average molecular weight is 363 g/mol. The van der Waals surface area contributed by atoms with Gasteiger partial charge in [0.25, 0.3) is 0 Å². The number of aliphatic hydroxyl groups is 1. The molecule has 0 amide bonds. The molecule has 0 aliphatic heterocycles. The smallest absolute Gasteiger partial charge is 0.132 e. The minimum absolute atomic E-state index is 0.116. The standard InChI is InChI=1S/C21H21N3O3/c1-15-20(13-22)21(14-27-18-8-6-16(7-9-18)10-11-25)24(23-15)17-4-3-5-19(12-17)26-2/h3-9,12,25H,10-11,14H2,1-2H3. The molecule has 0 spiro atoms. The molecule has 0 saturated carbocycles. The maximum absolute atomic E-state index is 9.55. The van der Waals surface area contributed by atoms with Crippen LogP contribution in [-0.2, 0) is 13.0 Å². The number of aliphatic hydroxyl groups excluding tert-OH is 1. The van der Waals surface area contributed by atoms with E-state index in [9.17, 15) is 5.26 Å². The first-order valence-corrected chi connectivity index (χ1v) is 8.62. The predicted octanol–water partition coefficient (Wildman–Crippen LogP) is 3.17. The summed E-state index contributed by atoms with van der Waals surface area (Å²) in [5.41, 5.74) is 3.69. The Morgan fingerprint density at radius 2 is 1.93 bits per heavy atom. The minimum Gasteiger partial charge on any atom is -0.497 e. The van der Waals surface area contributed by atoms with Gasteiger partial charge in [-0.1, -0.05) is 18.2 Å². The summed E-state index contributed by atoms with van der Waals surface area (Å²) < 4.78 is 12.9. The highest BCUT2D eigenvalue weighted by Crippen LogP contribution is 2.23. The van der Waals surface area contributed by atoms with E-state index < -0.39 is 0 Å². The summed E-state index contributed by atoms with van der Waals surface area (Å²) in [6, 6.07) is 17.3. The first kappa shape index (κ1) is 18.5. The number of nitriles is 1. The third-order valence-corrected chi connectivity index (χ3v) is 4.27. The summed E-state index contributed by atoms with van der Waals surface area (Å²) in [6.45, 7) is 2.13. The highest BCUT2D eigenvalue weighted by Gasteiger charge is 2.17. The molecule has 6 heteroatoms. The number of aryl methyl sites for hydroxylation is 1. The van der Waals surface area contributed by atoms with Gasteiger partial charge in [0.15, 0.2) is 0 Å². The van der Waals surface area contributed by atoms with E-state index in [1.54, 1.807) is 11.8 Å². The predicted molar refractivity (Wildman–Crippen MR) is 101 cm³/mol. The summed E-state index contributed by atoms with van der Waals surface area (Å²) >= 11 is 0. The average Bonchev–Trinajstić information content (AvgIpc) is 3.03. The minimum atomic E-state index is 0.116. The fraction of sp³-hybridized carbons (Fsp3) is 0.238. The number of rotatable bonds is 7. The van der Waals surface area contributed by atoms with Crippen LogP contribution in [0.5, 0.6) is 11.5 Å². The van der Waals surface area contributed by atoms with Crippen molar-refractivity contribution in [2.24, 2.45) is 0 Å². The first-order chi connectivity index (χ1) is 13.2. The molecule has 3 rings (SSSR count). The van der Waals surface area contributed by atoms with Gasteiger partial charge < -0.3 is 14.6 Å². The van der Waals surface area contributed by atoms with E-state index in [0.717, 1.165) is 11.3 Å². The van der Waals surface area contributed by atoms with Crippen molar-refractivity contribution >= 4 is 0 Å². The second-order valence-electron chi connectivity index (χ2n) is 6.04. The highest BCUT2D eigenvalue weighted by atomic mass is 16.5. The van der Waals surface area contributed by atoms with E-state index in [1.165, 1.54) is 0 Å². The van der Waals surface area contributed by atoms with Gasteiger partial charge in [-0.3, -0.25) is 0 Å². The van der Waals surface area contributed by atoms with E-state index in [-0.39, 0.29) is 13.2 Å². The highest BCUT2D eigenvalue weighted by molar-refractivity contribution is 5.45. The molecule has 6 nitrogen and oxygen atoms in total. The number of aromatic nitrogens is 2. The largest absolute Gasteiger partial charge is 0.497 e. The molecule has 27 heavy (non-hydrogen) atoms. The first-order valence-electron chi connectivity index (χ1n) is 8.62. The number of benzene rings is 2. The normalized spacial score (nSPS) is 10.4. The Hall–Kier alpha value is -3.30. The summed E-state index contributed by atoms with van der Waals surface area (Å²) in [5, 5.41) is 23.1. The molecule has 2 aromatic carbocycles. The van der Waals surface area contributed by atoms with E-state index in [4.69, 9.17) is 14.6 Å². The fourth-order valence-corrected chi connectivity index (χ4v) is 2.84. The lowest BCUT2D eigenvalue weighted by Gasteiger charge is -2.11. The van der Waals surface area contributed by atoms with Gasteiger partial charge in [0.1, 0.15) is 29.7 Å². The molecule has 0 unspecified atom stereocenters. The lowest BCUT2D eigenvalue weighted by molar-refractivity contribution is 0.295. The number of hydrogen-bond donors (Lipinski definition) is 1. The molecule has 138 valence electrons. The van der Waals surface area contributed by atoms with E-state index >= 15 is 0 Å². The molecule has 0 aliphatic rings. The third-order valence-electron chi connectivity index (χ3n) is 4.27. The fourth-order valence-electron chi connectivity index (χ4n) is 2.84. The van der Waals surface area contributed by atoms with E-state index in [2.05, 4.69) is 11.2 Å². The molecule has 3 aromatic rings. The van der Waals surface area contributed by atoms with Gasteiger partial charge in [0.2, 0.25) is 0 Å². The summed E-state index contributed by atoms with van der Waals surface area (Å²) in [5.74, 6) is 1.40. The van der Waals surface area contributed by atoms with Crippen molar-refractivity contribution < 1.29 is 14.6 Å². The summed E-state index contributed by atoms with van der Waals surface area (Å²) in [4.78, 5) is 0. The third kappa shape index (κ3) is 4.10. The van der Waals surface area contributed by atoms with Gasteiger partial charge in [-0.15, -0.1) is 0 Å². The maximum Gasteiger partial charge on any atom is 0.132 e. The van der Waals surface area contributed by atoms with Crippen molar-refractivity contribution in [3.8, 4) is 23.3 Å². The monoisotopic (exact) mass is 363 g/mol. The van der Waals surface area contributed by atoms with Crippen molar-refractivity contribution in [2.45, 2.75) is 20.0 Å². The van der Waals surface area contributed by atoms with Gasteiger partial charge in [0.05, 0.1) is 24.2 Å². The number of methoxy groups -OCH3 is 1. The number of hydrogen-bond acceptors (Lipinski definition) is 5. The van der Waals surface area contributed by atoms with Crippen LogP contribution < -0.4 is 9.47 Å². The van der Waals surface area contributed by atoms with Crippen LogP contribution in [0, 0.1) is 18.3 Å². The van der Waals surface area contributed by atoms with Crippen molar-refractivity contribution in [2.75, 3.05) is 13.7 Å². The Labute approximate surface area is 158 Å². The zero-order valence-electron chi connectivity index (χ0n) is 15.3. The van der Waals surface area contributed by atoms with Crippen molar-refractivity contribution in [1.82, 2.24) is 9.78 Å². The lowest BCUT2D eigenvalue weighted by atomic mass is 10.1. The van der Waals surface area contributed by atoms with E-state index in [1.807, 2.05) is 55.5 Å². The van der Waals surface area contributed by atoms with Crippen LogP contribution in [-0.4, -0.2) is 28.6 Å². The van der Waals surface area contributed by atoms with Crippen LogP contribution in [0.25, 0.3) is 5.69 Å². The zero-order valence-corrected chi connectivity index (χ0v) is 15.3. The van der Waals surface area contributed by atoms with Gasteiger partial charge in [0, 0.05) is 12.7 Å². The Balaban J connectivity index is 1.88. The van der Waals surface area contributed by atoms with Crippen LogP contribution in [0.4, 0.5) is 0 Å². The maximum atomic E-state index is 9.55. The lowest BCUT2D eigenvalue weighted by Crippen LogP contribution is -2.07. The topological polar surface area (TPSA) is 80.3 Å². The molecule has 0 bridgehead atoms. The molecule has 0 saturated heterocycles. The SMILES string of the molecule is COc1cccc(-n2nc(C)c(C#N)c2COc2ccc(CCO)cc2)c1. The number of nitrogens with zero attached hydrogens (tertiary/aromatic N) is 3. The zero-order chi connectivity index (χ0) is 19.2. The Morgan fingerprint density at radius 3 is 2.59 bits per heavy atom. The van der Waals surface area contributed by atoms with Gasteiger partial charge in [-0.25, -0.2) is 4.68 Å². The Morgan fingerprint density at radius 1 is 1.15 bits per heavy atom.